The fourth-order valence-electron chi connectivity index (χ4n) is 1.66. The maximum absolute atomic E-state index is 13.1. The zero-order chi connectivity index (χ0) is 13.7. The van der Waals surface area contributed by atoms with Crippen LogP contribution in [0.1, 0.15) is 5.76 Å². The van der Waals surface area contributed by atoms with Gasteiger partial charge in [0.25, 0.3) is 0 Å². The van der Waals surface area contributed by atoms with Gasteiger partial charge in [0.15, 0.2) is 0 Å². The van der Waals surface area contributed by atoms with Gasteiger partial charge in [-0.3, -0.25) is 0 Å². The molecule has 0 atom stereocenters. The van der Waals surface area contributed by atoms with Crippen LogP contribution in [0.4, 0.5) is 4.39 Å². The van der Waals surface area contributed by atoms with E-state index >= 15 is 0 Å². The van der Waals surface area contributed by atoms with Crippen LogP contribution < -0.4 is 17.7 Å². The molecule has 0 aliphatic carbocycles. The topological polar surface area (TPSA) is 34.4 Å². The largest absolute Gasteiger partial charge is 1.00 e. The average Bonchev–Trinajstić information content (AvgIpc) is 2.87. The van der Waals surface area contributed by atoms with Crippen LogP contribution in [0.25, 0.3) is 11.3 Å². The quantitative estimate of drug-likeness (QED) is 0.787. The van der Waals surface area contributed by atoms with Crippen molar-refractivity contribution in [3.63, 3.8) is 0 Å². The van der Waals surface area contributed by atoms with Crippen molar-refractivity contribution in [1.29, 1.82) is 0 Å². The van der Waals surface area contributed by atoms with Crippen molar-refractivity contribution in [2.24, 2.45) is 0 Å². The lowest BCUT2D eigenvalue weighted by molar-refractivity contribution is -0.00000531. The SMILES string of the molecule is COCCNCc1ccc(-c2ccc(F)c(Cl)c2)o1.[Cl-]. The number of hydrogen-bond donors (Lipinski definition) is 1. The van der Waals surface area contributed by atoms with Gasteiger partial charge >= 0.3 is 0 Å². The average molecular weight is 319 g/mol. The van der Waals surface area contributed by atoms with E-state index in [0.29, 0.717) is 18.9 Å². The number of methoxy groups -OCH3 is 1. The number of ether oxygens (including phenoxy) is 1. The molecule has 0 radical (unpaired) electrons. The minimum atomic E-state index is -0.432. The summed E-state index contributed by atoms with van der Waals surface area (Å²) in [6.07, 6.45) is 0. The zero-order valence-electron chi connectivity index (χ0n) is 11.0. The Hall–Kier alpha value is -1.07. The molecule has 1 aromatic heterocycles. The molecule has 0 aliphatic rings. The van der Waals surface area contributed by atoms with Crippen molar-refractivity contribution < 1.29 is 26.0 Å². The van der Waals surface area contributed by atoms with Gasteiger partial charge < -0.3 is 26.9 Å². The van der Waals surface area contributed by atoms with Crippen LogP contribution in [0, 0.1) is 5.82 Å². The maximum Gasteiger partial charge on any atom is 0.141 e. The second-order valence-electron chi connectivity index (χ2n) is 4.06. The van der Waals surface area contributed by atoms with Crippen molar-refractivity contribution >= 4 is 11.6 Å². The van der Waals surface area contributed by atoms with Gasteiger partial charge in [0.05, 0.1) is 18.2 Å². The first-order valence-electron chi connectivity index (χ1n) is 5.94. The number of rotatable bonds is 6. The summed E-state index contributed by atoms with van der Waals surface area (Å²) < 4.78 is 23.7. The Balaban J connectivity index is 0.00000200. The minimum Gasteiger partial charge on any atom is -1.00 e. The summed E-state index contributed by atoms with van der Waals surface area (Å²) in [6, 6.07) is 8.25. The highest BCUT2D eigenvalue weighted by molar-refractivity contribution is 6.31. The first-order chi connectivity index (χ1) is 9.20. The fraction of sp³-hybridized carbons (Fsp3) is 0.286. The Morgan fingerprint density at radius 1 is 1.30 bits per heavy atom. The smallest absolute Gasteiger partial charge is 0.141 e. The predicted octanol–water partition coefficient (Wildman–Crippen LogP) is 0.479. The van der Waals surface area contributed by atoms with E-state index in [0.717, 1.165) is 17.9 Å². The first-order valence-corrected chi connectivity index (χ1v) is 6.32. The van der Waals surface area contributed by atoms with Crippen molar-refractivity contribution in [3.05, 3.63) is 46.9 Å². The summed E-state index contributed by atoms with van der Waals surface area (Å²) in [5.41, 5.74) is 0.759. The highest BCUT2D eigenvalue weighted by Gasteiger charge is 2.07. The molecule has 0 saturated heterocycles. The van der Waals surface area contributed by atoms with E-state index in [1.807, 2.05) is 12.1 Å². The highest BCUT2D eigenvalue weighted by atomic mass is 35.5. The Morgan fingerprint density at radius 2 is 2.10 bits per heavy atom. The van der Waals surface area contributed by atoms with Crippen LogP contribution in [-0.2, 0) is 11.3 Å². The number of furan rings is 1. The summed E-state index contributed by atoms with van der Waals surface area (Å²) in [7, 11) is 1.66. The molecule has 0 unspecified atom stereocenters. The highest BCUT2D eigenvalue weighted by Crippen LogP contribution is 2.26. The van der Waals surface area contributed by atoms with Crippen LogP contribution in [0.3, 0.4) is 0 Å². The van der Waals surface area contributed by atoms with E-state index in [9.17, 15) is 4.39 Å². The van der Waals surface area contributed by atoms with E-state index in [1.165, 1.54) is 6.07 Å². The molecule has 1 heterocycles. The van der Waals surface area contributed by atoms with E-state index in [-0.39, 0.29) is 17.4 Å². The van der Waals surface area contributed by atoms with Crippen LogP contribution in [-0.4, -0.2) is 20.3 Å². The van der Waals surface area contributed by atoms with Gasteiger partial charge in [0.1, 0.15) is 17.3 Å². The van der Waals surface area contributed by atoms with Crippen molar-refractivity contribution in [2.75, 3.05) is 20.3 Å². The van der Waals surface area contributed by atoms with Gasteiger partial charge in [-0.1, -0.05) is 11.6 Å². The molecular formula is C14H15Cl2FNO2-. The monoisotopic (exact) mass is 318 g/mol. The zero-order valence-corrected chi connectivity index (χ0v) is 12.5. The molecule has 2 rings (SSSR count). The standard InChI is InChI=1S/C14H15ClFNO2.ClH/c1-18-7-6-17-9-11-3-5-14(19-11)10-2-4-13(16)12(15)8-10;/h2-5,8,17H,6-7,9H2,1H3;1H/p-1. The Kier molecular flexibility index (Phi) is 7.02. The van der Waals surface area contributed by atoms with Gasteiger partial charge in [0.2, 0.25) is 0 Å². The maximum atomic E-state index is 13.1. The van der Waals surface area contributed by atoms with Crippen LogP contribution in [0.2, 0.25) is 5.02 Å². The van der Waals surface area contributed by atoms with Crippen molar-refractivity contribution in [1.82, 2.24) is 5.32 Å². The van der Waals surface area contributed by atoms with Gasteiger partial charge in [-0.15, -0.1) is 0 Å². The third kappa shape index (κ3) is 4.49. The Labute approximate surface area is 128 Å². The predicted molar refractivity (Wildman–Crippen MR) is 72.7 cm³/mol. The van der Waals surface area contributed by atoms with E-state index in [2.05, 4.69) is 5.32 Å². The van der Waals surface area contributed by atoms with Gasteiger partial charge in [-0.2, -0.15) is 0 Å². The lowest BCUT2D eigenvalue weighted by Gasteiger charge is -2.02. The number of benzene rings is 1. The molecule has 1 aromatic carbocycles. The first kappa shape index (κ1) is 17.0. The second kappa shape index (κ2) is 8.27. The molecule has 0 bridgehead atoms. The molecule has 6 heteroatoms. The fourth-order valence-corrected chi connectivity index (χ4v) is 1.84. The lowest BCUT2D eigenvalue weighted by atomic mass is 10.2. The third-order valence-electron chi connectivity index (χ3n) is 2.65. The number of halogens is 3. The molecule has 1 N–H and O–H groups in total. The van der Waals surface area contributed by atoms with Crippen LogP contribution in [0.15, 0.2) is 34.7 Å². The normalized spacial score (nSPS) is 10.3. The second-order valence-corrected chi connectivity index (χ2v) is 4.47. The number of hydrogen-bond acceptors (Lipinski definition) is 3. The summed E-state index contributed by atoms with van der Waals surface area (Å²) in [5.74, 6) is 1.05. The molecule has 0 aliphatic heterocycles. The molecule has 20 heavy (non-hydrogen) atoms. The van der Waals surface area contributed by atoms with E-state index < -0.39 is 5.82 Å². The lowest BCUT2D eigenvalue weighted by Crippen LogP contribution is -3.00. The van der Waals surface area contributed by atoms with Crippen molar-refractivity contribution in [3.8, 4) is 11.3 Å². The minimum absolute atomic E-state index is 0. The molecule has 3 nitrogen and oxygen atoms in total. The summed E-state index contributed by atoms with van der Waals surface area (Å²) >= 11 is 5.75. The molecule has 0 saturated carbocycles. The molecule has 0 spiro atoms. The van der Waals surface area contributed by atoms with Gasteiger partial charge in [-0.25, -0.2) is 4.39 Å². The van der Waals surface area contributed by atoms with E-state index in [1.54, 1.807) is 19.2 Å². The van der Waals surface area contributed by atoms with Crippen LogP contribution >= 0.6 is 11.6 Å². The Morgan fingerprint density at radius 3 is 2.80 bits per heavy atom. The third-order valence-corrected chi connectivity index (χ3v) is 2.94. The summed E-state index contributed by atoms with van der Waals surface area (Å²) in [4.78, 5) is 0. The number of nitrogens with one attached hydrogen (secondary N) is 1. The molecule has 2 aromatic rings. The van der Waals surface area contributed by atoms with E-state index in [4.69, 9.17) is 20.8 Å². The molecule has 0 fully saturated rings. The molecule has 110 valence electrons. The Bertz CT molecular complexity index is 546. The molecule has 0 amide bonds. The summed E-state index contributed by atoms with van der Waals surface area (Å²) in [5, 5.41) is 3.27. The van der Waals surface area contributed by atoms with Gasteiger partial charge in [-0.05, 0) is 30.3 Å². The summed E-state index contributed by atoms with van der Waals surface area (Å²) in [6.45, 7) is 2.04. The molecular weight excluding hydrogens is 304 g/mol. The van der Waals surface area contributed by atoms with Crippen LogP contribution in [0.5, 0.6) is 0 Å². The van der Waals surface area contributed by atoms with Crippen molar-refractivity contribution in [2.45, 2.75) is 6.54 Å². The van der Waals surface area contributed by atoms with Gasteiger partial charge in [0, 0.05) is 19.2 Å².